The Kier molecular flexibility index (Phi) is 6.15. The molecule has 21 heavy (non-hydrogen) atoms. The van der Waals surface area contributed by atoms with E-state index in [4.69, 9.17) is 11.6 Å². The first-order valence-corrected chi connectivity index (χ1v) is 7.64. The number of benzene rings is 1. The maximum absolute atomic E-state index is 13.9. The van der Waals surface area contributed by atoms with Gasteiger partial charge in [0.05, 0.1) is 0 Å². The molecule has 0 aliphatic carbocycles. The zero-order chi connectivity index (χ0) is 15.1. The Labute approximate surface area is 130 Å². The molecular weight excluding hydrogens is 287 g/mol. The third kappa shape index (κ3) is 5.10. The Hall–Kier alpha value is -1.45. The number of hydrogen-bond donors (Lipinski definition) is 1. The van der Waals surface area contributed by atoms with Gasteiger partial charge < -0.3 is 5.32 Å². The minimum atomic E-state index is -0.233. The summed E-state index contributed by atoms with van der Waals surface area (Å²) in [6.45, 7) is 2.92. The van der Waals surface area contributed by atoms with Crippen LogP contribution in [0.5, 0.6) is 0 Å². The van der Waals surface area contributed by atoms with Gasteiger partial charge in [-0.2, -0.15) is 0 Å². The normalized spacial score (nSPS) is 12.3. The first-order chi connectivity index (χ1) is 10.2. The van der Waals surface area contributed by atoms with E-state index < -0.39 is 0 Å². The quantitative estimate of drug-likeness (QED) is 0.835. The fraction of sp³-hybridized carbons (Fsp3) is 0.353. The van der Waals surface area contributed by atoms with E-state index in [9.17, 15) is 4.39 Å². The topological polar surface area (TPSA) is 24.9 Å². The molecule has 0 aliphatic heterocycles. The van der Waals surface area contributed by atoms with Gasteiger partial charge in [0.2, 0.25) is 0 Å². The molecule has 0 aliphatic rings. The minimum absolute atomic E-state index is 0.229. The lowest BCUT2D eigenvalue weighted by molar-refractivity contribution is 0.478. The van der Waals surface area contributed by atoms with Gasteiger partial charge in [0.1, 0.15) is 5.82 Å². The first-order valence-electron chi connectivity index (χ1n) is 7.26. The second-order valence-corrected chi connectivity index (χ2v) is 5.49. The van der Waals surface area contributed by atoms with Gasteiger partial charge in [-0.1, -0.05) is 30.7 Å². The Morgan fingerprint density at radius 1 is 1.29 bits per heavy atom. The van der Waals surface area contributed by atoms with Crippen molar-refractivity contribution >= 4 is 11.6 Å². The van der Waals surface area contributed by atoms with Crippen molar-refractivity contribution in [3.63, 3.8) is 0 Å². The minimum Gasteiger partial charge on any atom is -0.314 e. The molecule has 4 heteroatoms. The fourth-order valence-corrected chi connectivity index (χ4v) is 2.54. The monoisotopic (exact) mass is 306 g/mol. The number of halogens is 2. The van der Waals surface area contributed by atoms with E-state index in [1.54, 1.807) is 18.3 Å². The second-order valence-electron chi connectivity index (χ2n) is 5.05. The third-order valence-electron chi connectivity index (χ3n) is 3.45. The highest BCUT2D eigenvalue weighted by Crippen LogP contribution is 2.17. The SMILES string of the molecule is CCNC(CCc1ccccn1)Cc1ccc(Cl)cc1F. The molecule has 0 amide bonds. The number of nitrogens with zero attached hydrogens (tertiary/aromatic N) is 1. The molecule has 2 nitrogen and oxygen atoms in total. The predicted octanol–water partition coefficient (Wildman–Crippen LogP) is 4.03. The molecule has 1 atom stereocenters. The molecule has 0 radical (unpaired) electrons. The van der Waals surface area contributed by atoms with Crippen LogP contribution in [0, 0.1) is 5.82 Å². The zero-order valence-electron chi connectivity index (χ0n) is 12.2. The number of rotatable bonds is 7. The van der Waals surface area contributed by atoms with Crippen molar-refractivity contribution in [3.05, 3.63) is 64.7 Å². The Balaban J connectivity index is 1.98. The van der Waals surface area contributed by atoms with E-state index in [0.717, 1.165) is 25.1 Å². The maximum Gasteiger partial charge on any atom is 0.127 e. The maximum atomic E-state index is 13.9. The van der Waals surface area contributed by atoms with Crippen molar-refractivity contribution in [2.75, 3.05) is 6.54 Å². The summed E-state index contributed by atoms with van der Waals surface area (Å²) in [4.78, 5) is 4.33. The van der Waals surface area contributed by atoms with E-state index in [1.165, 1.54) is 6.07 Å². The summed E-state index contributed by atoms with van der Waals surface area (Å²) in [5.74, 6) is -0.233. The Bertz CT molecular complexity index is 560. The highest BCUT2D eigenvalue weighted by atomic mass is 35.5. The summed E-state index contributed by atoms with van der Waals surface area (Å²) in [6.07, 6.45) is 4.26. The molecule has 1 aromatic carbocycles. The molecule has 2 aromatic rings. The molecule has 112 valence electrons. The molecule has 0 saturated heterocycles. The average molecular weight is 307 g/mol. The van der Waals surface area contributed by atoms with Crippen LogP contribution < -0.4 is 5.32 Å². The Morgan fingerprint density at radius 2 is 2.14 bits per heavy atom. The van der Waals surface area contributed by atoms with Gasteiger partial charge in [-0.05, 0) is 55.6 Å². The van der Waals surface area contributed by atoms with Crippen LogP contribution in [0.3, 0.4) is 0 Å². The molecule has 1 N–H and O–H groups in total. The summed E-state index contributed by atoms with van der Waals surface area (Å²) >= 11 is 5.79. The molecular formula is C17H20ClFN2. The van der Waals surface area contributed by atoms with Gasteiger partial charge in [0.15, 0.2) is 0 Å². The van der Waals surface area contributed by atoms with E-state index >= 15 is 0 Å². The van der Waals surface area contributed by atoms with Crippen LogP contribution in [0.4, 0.5) is 4.39 Å². The number of pyridine rings is 1. The van der Waals surface area contributed by atoms with E-state index in [1.807, 2.05) is 18.2 Å². The molecule has 2 rings (SSSR count). The first kappa shape index (κ1) is 15.9. The predicted molar refractivity (Wildman–Crippen MR) is 85.1 cm³/mol. The standard InChI is InChI=1S/C17H20ClFN2/c1-2-20-16(9-8-15-5-3-4-10-21-15)11-13-6-7-14(18)12-17(13)19/h3-7,10,12,16,20H,2,8-9,11H2,1H3. The van der Waals surface area contributed by atoms with Gasteiger partial charge in [-0.15, -0.1) is 0 Å². The number of hydrogen-bond acceptors (Lipinski definition) is 2. The van der Waals surface area contributed by atoms with Gasteiger partial charge in [0.25, 0.3) is 0 Å². The molecule has 0 spiro atoms. The lowest BCUT2D eigenvalue weighted by atomic mass is 10.00. The summed E-state index contributed by atoms with van der Waals surface area (Å²) < 4.78 is 13.9. The highest BCUT2D eigenvalue weighted by Gasteiger charge is 2.12. The number of likely N-dealkylation sites (N-methyl/N-ethyl adjacent to an activating group) is 1. The zero-order valence-corrected chi connectivity index (χ0v) is 12.9. The number of aromatic nitrogens is 1. The van der Waals surface area contributed by atoms with Crippen LogP contribution in [0.25, 0.3) is 0 Å². The smallest absolute Gasteiger partial charge is 0.127 e. The average Bonchev–Trinajstić information content (AvgIpc) is 2.49. The molecule has 1 unspecified atom stereocenters. The van der Waals surface area contributed by atoms with Gasteiger partial charge in [0, 0.05) is 23.0 Å². The molecule has 1 heterocycles. The number of nitrogens with one attached hydrogen (secondary N) is 1. The van der Waals surface area contributed by atoms with Crippen LogP contribution >= 0.6 is 11.6 Å². The summed E-state index contributed by atoms with van der Waals surface area (Å²) in [5, 5.41) is 3.85. The fourth-order valence-electron chi connectivity index (χ4n) is 2.39. The van der Waals surface area contributed by atoms with Gasteiger partial charge in [-0.25, -0.2) is 4.39 Å². The van der Waals surface area contributed by atoms with E-state index in [0.29, 0.717) is 17.0 Å². The summed E-state index contributed by atoms with van der Waals surface area (Å²) in [5.41, 5.74) is 1.77. The van der Waals surface area contributed by atoms with Gasteiger partial charge >= 0.3 is 0 Å². The largest absolute Gasteiger partial charge is 0.314 e. The second kappa shape index (κ2) is 8.11. The molecule has 1 aromatic heterocycles. The lowest BCUT2D eigenvalue weighted by Crippen LogP contribution is -2.31. The lowest BCUT2D eigenvalue weighted by Gasteiger charge is -2.18. The van der Waals surface area contributed by atoms with E-state index in [-0.39, 0.29) is 11.9 Å². The van der Waals surface area contributed by atoms with Crippen molar-refractivity contribution < 1.29 is 4.39 Å². The van der Waals surface area contributed by atoms with Crippen LogP contribution in [0.1, 0.15) is 24.6 Å². The van der Waals surface area contributed by atoms with Crippen LogP contribution in [-0.4, -0.2) is 17.6 Å². The van der Waals surface area contributed by atoms with Crippen molar-refractivity contribution in [1.82, 2.24) is 10.3 Å². The molecule has 0 bridgehead atoms. The van der Waals surface area contributed by atoms with Crippen molar-refractivity contribution in [1.29, 1.82) is 0 Å². The third-order valence-corrected chi connectivity index (χ3v) is 3.68. The highest BCUT2D eigenvalue weighted by molar-refractivity contribution is 6.30. The molecule has 0 saturated carbocycles. The van der Waals surface area contributed by atoms with Crippen LogP contribution in [-0.2, 0) is 12.8 Å². The van der Waals surface area contributed by atoms with Crippen LogP contribution in [0.15, 0.2) is 42.6 Å². The van der Waals surface area contributed by atoms with Gasteiger partial charge in [-0.3, -0.25) is 4.98 Å². The summed E-state index contributed by atoms with van der Waals surface area (Å²) in [7, 11) is 0. The summed E-state index contributed by atoms with van der Waals surface area (Å²) in [6, 6.07) is 11.0. The van der Waals surface area contributed by atoms with Crippen LogP contribution in [0.2, 0.25) is 5.02 Å². The van der Waals surface area contributed by atoms with Crippen molar-refractivity contribution in [2.45, 2.75) is 32.2 Å². The van der Waals surface area contributed by atoms with Crippen molar-refractivity contribution in [2.24, 2.45) is 0 Å². The Morgan fingerprint density at radius 3 is 2.81 bits per heavy atom. The number of aryl methyl sites for hydroxylation is 1. The van der Waals surface area contributed by atoms with E-state index in [2.05, 4.69) is 17.2 Å². The van der Waals surface area contributed by atoms with Crippen molar-refractivity contribution in [3.8, 4) is 0 Å². The molecule has 0 fully saturated rings.